The monoisotopic (exact) mass is 268 g/mol. The predicted molar refractivity (Wildman–Crippen MR) is 72.2 cm³/mol. The second kappa shape index (κ2) is 4.70. The number of nitrogens with one attached hydrogen (secondary N) is 1. The first-order valence-corrected chi connectivity index (χ1v) is 6.08. The fourth-order valence-electron chi connectivity index (χ4n) is 2.09. The van der Waals surface area contributed by atoms with Crippen LogP contribution in [0.4, 0.5) is 0 Å². The van der Waals surface area contributed by atoms with E-state index in [2.05, 4.69) is 10.3 Å². The zero-order valence-electron chi connectivity index (χ0n) is 10.5. The molecule has 1 atom stereocenters. The van der Waals surface area contributed by atoms with E-state index in [4.69, 9.17) is 4.74 Å². The van der Waals surface area contributed by atoms with Crippen LogP contribution < -0.4 is 5.32 Å². The Labute approximate surface area is 115 Å². The summed E-state index contributed by atoms with van der Waals surface area (Å²) in [6.45, 7) is 0. The van der Waals surface area contributed by atoms with E-state index in [1.165, 1.54) is 0 Å². The van der Waals surface area contributed by atoms with Gasteiger partial charge in [0.15, 0.2) is 0 Å². The van der Waals surface area contributed by atoms with Gasteiger partial charge in [0.05, 0.1) is 0 Å². The smallest absolute Gasteiger partial charge is 0.375 e. The number of hydrogen-bond donors (Lipinski definition) is 2. The quantitative estimate of drug-likeness (QED) is 0.890. The Kier molecular flexibility index (Phi) is 2.87. The highest BCUT2D eigenvalue weighted by atomic mass is 16.6. The third kappa shape index (κ3) is 1.89. The minimum Gasteiger partial charge on any atom is -0.477 e. The van der Waals surface area contributed by atoms with Crippen LogP contribution in [0.3, 0.4) is 0 Å². The van der Waals surface area contributed by atoms with Crippen molar-refractivity contribution in [2.24, 2.45) is 0 Å². The molecule has 1 aliphatic rings. The van der Waals surface area contributed by atoms with Gasteiger partial charge in [-0.15, -0.1) is 0 Å². The van der Waals surface area contributed by atoms with Gasteiger partial charge in [-0.25, -0.2) is 4.79 Å². The van der Waals surface area contributed by atoms with Crippen LogP contribution in [-0.4, -0.2) is 16.1 Å². The van der Waals surface area contributed by atoms with Crippen LogP contribution in [0.25, 0.3) is 5.76 Å². The average Bonchev–Trinajstić information content (AvgIpc) is 2.96. The van der Waals surface area contributed by atoms with E-state index < -0.39 is 11.7 Å². The molecular weight excluding hydrogens is 256 g/mol. The highest BCUT2D eigenvalue weighted by Crippen LogP contribution is 2.34. The number of carboxylic acids is 1. The molecule has 0 saturated heterocycles. The zero-order chi connectivity index (χ0) is 14.0. The number of pyridine rings is 1. The summed E-state index contributed by atoms with van der Waals surface area (Å²) in [5.74, 6) is -0.623. The molecule has 100 valence electrons. The fourth-order valence-corrected chi connectivity index (χ4v) is 2.09. The van der Waals surface area contributed by atoms with E-state index in [-0.39, 0.29) is 0 Å². The van der Waals surface area contributed by atoms with Crippen LogP contribution in [0.1, 0.15) is 11.1 Å². The molecule has 2 heterocycles. The lowest BCUT2D eigenvalue weighted by molar-refractivity contribution is -0.159. The van der Waals surface area contributed by atoms with Crippen molar-refractivity contribution in [2.75, 3.05) is 0 Å². The first-order valence-electron chi connectivity index (χ1n) is 6.08. The zero-order valence-corrected chi connectivity index (χ0v) is 10.5. The number of carboxylic acid groups (broad SMARTS) is 1. The molecule has 0 fully saturated rings. The maximum atomic E-state index is 11.7. The van der Waals surface area contributed by atoms with E-state index in [0.29, 0.717) is 11.3 Å². The van der Waals surface area contributed by atoms with Crippen LogP contribution in [0.5, 0.6) is 0 Å². The van der Waals surface area contributed by atoms with Crippen molar-refractivity contribution in [3.05, 3.63) is 72.2 Å². The predicted octanol–water partition coefficient (Wildman–Crippen LogP) is 1.94. The third-order valence-corrected chi connectivity index (χ3v) is 3.12. The fraction of sp³-hybridized carbons (Fsp3) is 0.0667. The van der Waals surface area contributed by atoms with E-state index in [0.717, 1.165) is 5.56 Å². The SMILES string of the molecule is O=C(O)C1(c2ccccc2)NC=C(c2ccncc2)O1. The Morgan fingerprint density at radius 2 is 1.85 bits per heavy atom. The van der Waals surface area contributed by atoms with Crippen LogP contribution in [-0.2, 0) is 15.3 Å². The largest absolute Gasteiger partial charge is 0.477 e. The standard InChI is InChI=1S/C15H12N2O3/c18-14(19)15(12-4-2-1-3-5-12)17-10-13(20-15)11-6-8-16-9-7-11/h1-10,17H,(H,18,19). The normalized spacial score (nSPS) is 20.7. The van der Waals surface area contributed by atoms with Gasteiger partial charge in [-0.3, -0.25) is 4.98 Å². The number of ether oxygens (including phenoxy) is 1. The maximum absolute atomic E-state index is 11.7. The molecular formula is C15H12N2O3. The first kappa shape index (κ1) is 12.2. The maximum Gasteiger partial charge on any atom is 0.375 e. The summed E-state index contributed by atoms with van der Waals surface area (Å²) >= 11 is 0. The highest BCUT2D eigenvalue weighted by molar-refractivity contribution is 5.82. The van der Waals surface area contributed by atoms with E-state index in [9.17, 15) is 9.90 Å². The minimum atomic E-state index is -1.58. The minimum absolute atomic E-state index is 0.471. The van der Waals surface area contributed by atoms with Gasteiger partial charge in [0.25, 0.3) is 0 Å². The van der Waals surface area contributed by atoms with E-state index >= 15 is 0 Å². The Bertz CT molecular complexity index is 655. The molecule has 2 N–H and O–H groups in total. The molecule has 0 saturated carbocycles. The number of hydrogen-bond acceptors (Lipinski definition) is 4. The van der Waals surface area contributed by atoms with Gasteiger partial charge in [0.1, 0.15) is 5.76 Å². The van der Waals surface area contributed by atoms with Crippen LogP contribution in [0.2, 0.25) is 0 Å². The second-order valence-corrected chi connectivity index (χ2v) is 4.34. The van der Waals surface area contributed by atoms with Crippen molar-refractivity contribution in [1.29, 1.82) is 0 Å². The van der Waals surface area contributed by atoms with Crippen molar-refractivity contribution >= 4 is 11.7 Å². The van der Waals surface area contributed by atoms with Gasteiger partial charge >= 0.3 is 11.7 Å². The summed E-state index contributed by atoms with van der Waals surface area (Å²) in [5, 5.41) is 12.4. The molecule has 0 amide bonds. The number of carbonyl (C=O) groups is 1. The number of benzene rings is 1. The molecule has 2 aromatic rings. The van der Waals surface area contributed by atoms with Crippen molar-refractivity contribution < 1.29 is 14.6 Å². The van der Waals surface area contributed by atoms with Gasteiger partial charge in [0, 0.05) is 29.7 Å². The number of aliphatic carboxylic acids is 1. The van der Waals surface area contributed by atoms with E-state index in [1.807, 2.05) is 6.07 Å². The first-order chi connectivity index (χ1) is 9.72. The van der Waals surface area contributed by atoms with Gasteiger partial charge < -0.3 is 15.2 Å². The van der Waals surface area contributed by atoms with Gasteiger partial charge in [-0.05, 0) is 12.1 Å². The molecule has 1 aromatic heterocycles. The summed E-state index contributed by atoms with van der Waals surface area (Å²) in [4.78, 5) is 15.6. The summed E-state index contributed by atoms with van der Waals surface area (Å²) in [7, 11) is 0. The molecule has 5 nitrogen and oxygen atoms in total. The lowest BCUT2D eigenvalue weighted by Gasteiger charge is -2.25. The van der Waals surface area contributed by atoms with Crippen molar-refractivity contribution in [2.45, 2.75) is 5.72 Å². The van der Waals surface area contributed by atoms with Gasteiger partial charge in [-0.1, -0.05) is 30.3 Å². The van der Waals surface area contributed by atoms with Crippen molar-refractivity contribution in [3.8, 4) is 0 Å². The summed E-state index contributed by atoms with van der Waals surface area (Å²) in [6, 6.07) is 12.3. The molecule has 5 heteroatoms. The molecule has 1 unspecified atom stereocenters. The Hall–Kier alpha value is -2.82. The second-order valence-electron chi connectivity index (χ2n) is 4.34. The Balaban J connectivity index is 1.96. The molecule has 0 bridgehead atoms. The van der Waals surface area contributed by atoms with Gasteiger partial charge in [0.2, 0.25) is 0 Å². The van der Waals surface area contributed by atoms with Crippen LogP contribution in [0, 0.1) is 0 Å². The molecule has 0 aliphatic carbocycles. The Morgan fingerprint density at radius 3 is 2.50 bits per heavy atom. The van der Waals surface area contributed by atoms with Crippen molar-refractivity contribution in [1.82, 2.24) is 10.3 Å². The molecule has 1 aromatic carbocycles. The van der Waals surface area contributed by atoms with Gasteiger partial charge in [-0.2, -0.15) is 0 Å². The number of aromatic nitrogens is 1. The lowest BCUT2D eigenvalue weighted by Crippen LogP contribution is -2.45. The third-order valence-electron chi connectivity index (χ3n) is 3.12. The molecule has 3 rings (SSSR count). The lowest BCUT2D eigenvalue weighted by atomic mass is 10.0. The summed E-state index contributed by atoms with van der Waals surface area (Å²) < 4.78 is 5.71. The summed E-state index contributed by atoms with van der Waals surface area (Å²) in [6.07, 6.45) is 4.82. The average molecular weight is 268 g/mol. The number of rotatable bonds is 3. The van der Waals surface area contributed by atoms with Crippen molar-refractivity contribution in [3.63, 3.8) is 0 Å². The van der Waals surface area contributed by atoms with Crippen LogP contribution >= 0.6 is 0 Å². The molecule has 0 radical (unpaired) electrons. The van der Waals surface area contributed by atoms with Crippen LogP contribution in [0.15, 0.2) is 61.1 Å². The van der Waals surface area contributed by atoms with E-state index in [1.54, 1.807) is 55.0 Å². The summed E-state index contributed by atoms with van der Waals surface area (Å²) in [5.41, 5.74) is -0.279. The topological polar surface area (TPSA) is 71.5 Å². The molecule has 0 spiro atoms. The highest BCUT2D eigenvalue weighted by Gasteiger charge is 2.46. The molecule has 1 aliphatic heterocycles. The Morgan fingerprint density at radius 1 is 1.15 bits per heavy atom. The molecule has 20 heavy (non-hydrogen) atoms. The number of nitrogens with zero attached hydrogens (tertiary/aromatic N) is 1.